The van der Waals surface area contributed by atoms with Crippen LogP contribution in [-0.2, 0) is 4.79 Å². The molecule has 1 amide bonds. The zero-order valence-corrected chi connectivity index (χ0v) is 6.76. The third kappa shape index (κ3) is 3.45. The van der Waals surface area contributed by atoms with E-state index in [0.29, 0.717) is 13.0 Å². The Kier molecular flexibility index (Phi) is 4.94. The Morgan fingerprint density at radius 1 is 1.50 bits per heavy atom. The Hall–Kier alpha value is -0.570. The van der Waals surface area contributed by atoms with E-state index >= 15 is 0 Å². The SMILES string of the molecule is CCCCC(=O)N(N)CC. The summed E-state index contributed by atoms with van der Waals surface area (Å²) in [7, 11) is 0. The van der Waals surface area contributed by atoms with Crippen LogP contribution in [0.1, 0.15) is 33.1 Å². The summed E-state index contributed by atoms with van der Waals surface area (Å²) in [6.45, 7) is 4.52. The van der Waals surface area contributed by atoms with Crippen molar-refractivity contribution in [1.82, 2.24) is 5.01 Å². The molecule has 0 heterocycles. The first-order chi connectivity index (χ1) is 4.72. The molecule has 0 unspecified atom stereocenters. The number of unbranched alkanes of at least 4 members (excludes halogenated alkanes) is 1. The van der Waals surface area contributed by atoms with Crippen LogP contribution in [0.25, 0.3) is 0 Å². The Morgan fingerprint density at radius 2 is 2.10 bits per heavy atom. The minimum absolute atomic E-state index is 0.0457. The van der Waals surface area contributed by atoms with Gasteiger partial charge < -0.3 is 0 Å². The molecule has 10 heavy (non-hydrogen) atoms. The molecule has 0 atom stereocenters. The minimum atomic E-state index is 0.0457. The molecule has 0 aliphatic heterocycles. The molecule has 0 spiro atoms. The predicted octanol–water partition coefficient (Wildman–Crippen LogP) is 0.899. The van der Waals surface area contributed by atoms with E-state index in [4.69, 9.17) is 5.84 Å². The quantitative estimate of drug-likeness (QED) is 0.362. The highest BCUT2D eigenvalue weighted by Gasteiger charge is 2.04. The molecule has 3 nitrogen and oxygen atoms in total. The highest BCUT2D eigenvalue weighted by molar-refractivity contribution is 5.75. The lowest BCUT2D eigenvalue weighted by atomic mass is 10.2. The van der Waals surface area contributed by atoms with Crippen LogP contribution in [0.5, 0.6) is 0 Å². The third-order valence-corrected chi connectivity index (χ3v) is 1.41. The maximum Gasteiger partial charge on any atom is 0.236 e. The van der Waals surface area contributed by atoms with Gasteiger partial charge in [-0.05, 0) is 13.3 Å². The minimum Gasteiger partial charge on any atom is -0.281 e. The molecule has 0 aliphatic carbocycles. The van der Waals surface area contributed by atoms with Crippen molar-refractivity contribution in [2.75, 3.05) is 6.54 Å². The summed E-state index contributed by atoms with van der Waals surface area (Å²) in [5.74, 6) is 5.39. The maximum atomic E-state index is 10.9. The summed E-state index contributed by atoms with van der Waals surface area (Å²) < 4.78 is 0. The monoisotopic (exact) mass is 144 g/mol. The topological polar surface area (TPSA) is 46.3 Å². The largest absolute Gasteiger partial charge is 0.281 e. The number of nitrogens with two attached hydrogens (primary N) is 1. The lowest BCUT2D eigenvalue weighted by Gasteiger charge is -2.12. The van der Waals surface area contributed by atoms with E-state index in [2.05, 4.69) is 6.92 Å². The molecule has 0 saturated heterocycles. The van der Waals surface area contributed by atoms with Crippen LogP contribution in [0.2, 0.25) is 0 Å². The van der Waals surface area contributed by atoms with Gasteiger partial charge in [0.15, 0.2) is 0 Å². The van der Waals surface area contributed by atoms with Gasteiger partial charge in [-0.25, -0.2) is 5.84 Å². The van der Waals surface area contributed by atoms with Gasteiger partial charge in [-0.1, -0.05) is 13.3 Å². The summed E-state index contributed by atoms with van der Waals surface area (Å²) in [5.41, 5.74) is 0. The van der Waals surface area contributed by atoms with Crippen molar-refractivity contribution >= 4 is 5.91 Å². The molecule has 60 valence electrons. The van der Waals surface area contributed by atoms with E-state index < -0.39 is 0 Å². The van der Waals surface area contributed by atoms with Gasteiger partial charge in [-0.2, -0.15) is 0 Å². The molecule has 3 heteroatoms. The van der Waals surface area contributed by atoms with Crippen LogP contribution in [0, 0.1) is 0 Å². The second-order valence-electron chi connectivity index (χ2n) is 2.28. The number of nitrogens with zero attached hydrogens (tertiary/aromatic N) is 1. The number of hydrazine groups is 1. The first-order valence-electron chi connectivity index (χ1n) is 3.77. The molecular weight excluding hydrogens is 128 g/mol. The second-order valence-corrected chi connectivity index (χ2v) is 2.28. The molecule has 0 aromatic heterocycles. The molecule has 0 aromatic rings. The van der Waals surface area contributed by atoms with E-state index in [1.807, 2.05) is 6.92 Å². The zero-order chi connectivity index (χ0) is 7.98. The second kappa shape index (κ2) is 5.23. The van der Waals surface area contributed by atoms with Gasteiger partial charge in [0.1, 0.15) is 0 Å². The maximum absolute atomic E-state index is 10.9. The molecule has 2 N–H and O–H groups in total. The van der Waals surface area contributed by atoms with Crippen molar-refractivity contribution in [3.63, 3.8) is 0 Å². The summed E-state index contributed by atoms with van der Waals surface area (Å²) in [6.07, 6.45) is 2.57. The van der Waals surface area contributed by atoms with Crippen molar-refractivity contribution in [3.8, 4) is 0 Å². The van der Waals surface area contributed by atoms with Crippen molar-refractivity contribution in [2.45, 2.75) is 33.1 Å². The van der Waals surface area contributed by atoms with E-state index in [9.17, 15) is 4.79 Å². The van der Waals surface area contributed by atoms with Crippen LogP contribution in [0.3, 0.4) is 0 Å². The Labute approximate surface area is 62.2 Å². The van der Waals surface area contributed by atoms with Crippen LogP contribution in [-0.4, -0.2) is 17.5 Å². The third-order valence-electron chi connectivity index (χ3n) is 1.41. The summed E-state index contributed by atoms with van der Waals surface area (Å²) in [4.78, 5) is 10.9. The summed E-state index contributed by atoms with van der Waals surface area (Å²) in [6, 6.07) is 0. The standard InChI is InChI=1S/C7H16N2O/c1-3-5-6-7(10)9(8)4-2/h3-6,8H2,1-2H3. The highest BCUT2D eigenvalue weighted by Crippen LogP contribution is 1.96. The van der Waals surface area contributed by atoms with E-state index in [0.717, 1.165) is 12.8 Å². The van der Waals surface area contributed by atoms with Crippen LogP contribution >= 0.6 is 0 Å². The van der Waals surface area contributed by atoms with Gasteiger partial charge >= 0.3 is 0 Å². The molecule has 0 fully saturated rings. The van der Waals surface area contributed by atoms with E-state index in [1.54, 1.807) is 0 Å². The fraction of sp³-hybridized carbons (Fsp3) is 0.857. The normalized spacial score (nSPS) is 9.50. The Morgan fingerprint density at radius 3 is 2.50 bits per heavy atom. The number of hydrogen-bond acceptors (Lipinski definition) is 2. The Bertz CT molecular complexity index is 104. The average Bonchev–Trinajstić information content (AvgIpc) is 1.98. The number of carbonyl (C=O) groups excluding carboxylic acids is 1. The average molecular weight is 144 g/mol. The van der Waals surface area contributed by atoms with E-state index in [-0.39, 0.29) is 5.91 Å². The fourth-order valence-corrected chi connectivity index (χ4v) is 0.648. The lowest BCUT2D eigenvalue weighted by molar-refractivity contribution is -0.131. The first kappa shape index (κ1) is 9.43. The van der Waals surface area contributed by atoms with Gasteiger partial charge in [0.05, 0.1) is 0 Å². The Balaban J connectivity index is 3.42. The lowest BCUT2D eigenvalue weighted by Crippen LogP contribution is -2.36. The van der Waals surface area contributed by atoms with Gasteiger partial charge in [0.2, 0.25) is 5.91 Å². The predicted molar refractivity (Wildman–Crippen MR) is 41.1 cm³/mol. The van der Waals surface area contributed by atoms with Gasteiger partial charge in [-0.15, -0.1) is 0 Å². The molecule has 0 rings (SSSR count). The number of rotatable bonds is 4. The van der Waals surface area contributed by atoms with E-state index in [1.165, 1.54) is 5.01 Å². The smallest absolute Gasteiger partial charge is 0.236 e. The highest BCUT2D eigenvalue weighted by atomic mass is 16.2. The number of hydrogen-bond donors (Lipinski definition) is 1. The molecule has 0 bridgehead atoms. The number of amides is 1. The van der Waals surface area contributed by atoms with Crippen molar-refractivity contribution in [3.05, 3.63) is 0 Å². The molecular formula is C7H16N2O. The van der Waals surface area contributed by atoms with Gasteiger partial charge in [-0.3, -0.25) is 9.80 Å². The summed E-state index contributed by atoms with van der Waals surface area (Å²) in [5, 5.41) is 1.26. The van der Waals surface area contributed by atoms with Crippen molar-refractivity contribution < 1.29 is 4.79 Å². The molecule has 0 aliphatic rings. The molecule has 0 aromatic carbocycles. The van der Waals surface area contributed by atoms with Gasteiger partial charge in [0.25, 0.3) is 0 Å². The van der Waals surface area contributed by atoms with Gasteiger partial charge in [0, 0.05) is 13.0 Å². The molecule has 0 saturated carbocycles. The zero-order valence-electron chi connectivity index (χ0n) is 6.76. The van der Waals surface area contributed by atoms with Crippen LogP contribution in [0.4, 0.5) is 0 Å². The van der Waals surface area contributed by atoms with Crippen LogP contribution < -0.4 is 5.84 Å². The number of carbonyl (C=O) groups is 1. The summed E-state index contributed by atoms with van der Waals surface area (Å²) >= 11 is 0. The molecule has 0 radical (unpaired) electrons. The van der Waals surface area contributed by atoms with Crippen molar-refractivity contribution in [1.29, 1.82) is 0 Å². The van der Waals surface area contributed by atoms with Crippen molar-refractivity contribution in [2.24, 2.45) is 5.84 Å². The first-order valence-corrected chi connectivity index (χ1v) is 3.77. The fourth-order valence-electron chi connectivity index (χ4n) is 0.648. The van der Waals surface area contributed by atoms with Crippen LogP contribution in [0.15, 0.2) is 0 Å².